The lowest BCUT2D eigenvalue weighted by Gasteiger charge is -2.16. The molecule has 4 nitrogen and oxygen atoms in total. The van der Waals surface area contributed by atoms with Crippen molar-refractivity contribution in [3.63, 3.8) is 0 Å². The fourth-order valence-electron chi connectivity index (χ4n) is 1.45. The minimum Gasteiger partial charge on any atom is -0.329 e. The summed E-state index contributed by atoms with van der Waals surface area (Å²) in [7, 11) is 4.10. The van der Waals surface area contributed by atoms with Crippen molar-refractivity contribution in [2.45, 2.75) is 19.4 Å². The second kappa shape index (κ2) is 4.58. The molecule has 0 aromatic carbocycles. The molecule has 1 fully saturated rings. The Labute approximate surface area is 79.9 Å². The Hall–Kier alpha value is -0.610. The summed E-state index contributed by atoms with van der Waals surface area (Å²) in [6, 6.07) is 0.0133. The van der Waals surface area contributed by atoms with Gasteiger partial charge in [0.05, 0.1) is 12.7 Å². The third-order valence-corrected chi connectivity index (χ3v) is 2.30. The molecule has 4 heteroatoms. The van der Waals surface area contributed by atoms with Crippen LogP contribution in [0.5, 0.6) is 0 Å². The summed E-state index contributed by atoms with van der Waals surface area (Å²) in [5.74, 6) is 0.235. The zero-order valence-electron chi connectivity index (χ0n) is 8.71. The smallest absolute Gasteiger partial charge is 0.240 e. The Morgan fingerprint density at radius 3 is 2.77 bits per heavy atom. The number of carbonyl (C=O) groups excluding carboxylic acids is 1. The Morgan fingerprint density at radius 2 is 2.31 bits per heavy atom. The van der Waals surface area contributed by atoms with E-state index in [0.717, 1.165) is 19.5 Å². The standard InChI is InChI=1S/C9H19N3O/c1-8-9(13)12(7-10-8)6-4-5-11(2)3/h8,10H,4-7H2,1-3H3. The van der Waals surface area contributed by atoms with Crippen molar-refractivity contribution in [3.8, 4) is 0 Å². The fraction of sp³-hybridized carbons (Fsp3) is 0.889. The van der Waals surface area contributed by atoms with Gasteiger partial charge in [-0.1, -0.05) is 0 Å². The van der Waals surface area contributed by atoms with Gasteiger partial charge in [-0.25, -0.2) is 0 Å². The molecule has 1 N–H and O–H groups in total. The van der Waals surface area contributed by atoms with E-state index >= 15 is 0 Å². The van der Waals surface area contributed by atoms with E-state index in [1.54, 1.807) is 0 Å². The average Bonchev–Trinajstić information content (AvgIpc) is 2.35. The van der Waals surface area contributed by atoms with Crippen LogP contribution in [-0.2, 0) is 4.79 Å². The summed E-state index contributed by atoms with van der Waals surface area (Å²) >= 11 is 0. The van der Waals surface area contributed by atoms with Crippen LogP contribution in [0.4, 0.5) is 0 Å². The van der Waals surface area contributed by atoms with Gasteiger partial charge in [-0.05, 0) is 34.0 Å². The monoisotopic (exact) mass is 185 g/mol. The number of amides is 1. The lowest BCUT2D eigenvalue weighted by atomic mass is 10.3. The first-order valence-corrected chi connectivity index (χ1v) is 4.78. The summed E-state index contributed by atoms with van der Waals surface area (Å²) in [5, 5.41) is 3.12. The lowest BCUT2D eigenvalue weighted by molar-refractivity contribution is -0.128. The van der Waals surface area contributed by atoms with Crippen LogP contribution in [0.2, 0.25) is 0 Å². The van der Waals surface area contributed by atoms with Gasteiger partial charge in [-0.3, -0.25) is 10.1 Å². The number of hydrogen-bond donors (Lipinski definition) is 1. The van der Waals surface area contributed by atoms with Crippen LogP contribution < -0.4 is 5.32 Å². The van der Waals surface area contributed by atoms with Gasteiger partial charge in [-0.15, -0.1) is 0 Å². The molecule has 0 spiro atoms. The molecular formula is C9H19N3O. The molecule has 1 atom stereocenters. The highest BCUT2D eigenvalue weighted by atomic mass is 16.2. The first-order chi connectivity index (χ1) is 6.11. The van der Waals surface area contributed by atoms with Gasteiger partial charge in [0.2, 0.25) is 5.91 Å². The minimum atomic E-state index is 0.0133. The fourth-order valence-corrected chi connectivity index (χ4v) is 1.45. The highest BCUT2D eigenvalue weighted by Crippen LogP contribution is 2.03. The van der Waals surface area contributed by atoms with Crippen LogP contribution in [0, 0.1) is 0 Å². The Bertz CT molecular complexity index is 182. The number of nitrogens with one attached hydrogen (secondary N) is 1. The van der Waals surface area contributed by atoms with E-state index in [2.05, 4.69) is 10.2 Å². The maximum Gasteiger partial charge on any atom is 0.240 e. The average molecular weight is 185 g/mol. The minimum absolute atomic E-state index is 0.0133. The van der Waals surface area contributed by atoms with Gasteiger partial charge in [0.25, 0.3) is 0 Å². The number of rotatable bonds is 4. The van der Waals surface area contributed by atoms with Crippen molar-refractivity contribution in [2.24, 2.45) is 0 Å². The maximum atomic E-state index is 11.4. The molecule has 13 heavy (non-hydrogen) atoms. The van der Waals surface area contributed by atoms with E-state index in [4.69, 9.17) is 0 Å². The third kappa shape index (κ3) is 2.97. The predicted octanol–water partition coefficient (Wildman–Crippen LogP) is -0.284. The summed E-state index contributed by atoms with van der Waals surface area (Å²) in [6.07, 6.45) is 1.05. The first-order valence-electron chi connectivity index (χ1n) is 4.78. The molecule has 1 saturated heterocycles. The molecule has 1 aliphatic rings. The molecule has 0 aromatic rings. The Kier molecular flexibility index (Phi) is 3.69. The topological polar surface area (TPSA) is 35.6 Å². The highest BCUT2D eigenvalue weighted by Gasteiger charge is 2.26. The summed E-state index contributed by atoms with van der Waals surface area (Å²) in [6.45, 7) is 4.54. The highest BCUT2D eigenvalue weighted by molar-refractivity contribution is 5.83. The van der Waals surface area contributed by atoms with Crippen molar-refractivity contribution in [2.75, 3.05) is 33.9 Å². The molecule has 1 rings (SSSR count). The molecule has 0 saturated carbocycles. The normalized spacial score (nSPS) is 23.2. The Morgan fingerprint density at radius 1 is 1.62 bits per heavy atom. The van der Waals surface area contributed by atoms with Gasteiger partial charge in [0, 0.05) is 6.54 Å². The maximum absolute atomic E-state index is 11.4. The molecule has 1 aliphatic heterocycles. The van der Waals surface area contributed by atoms with E-state index < -0.39 is 0 Å². The molecule has 76 valence electrons. The van der Waals surface area contributed by atoms with Crippen LogP contribution in [0.1, 0.15) is 13.3 Å². The van der Waals surface area contributed by atoms with E-state index in [1.807, 2.05) is 25.9 Å². The molecular weight excluding hydrogens is 166 g/mol. The van der Waals surface area contributed by atoms with Crippen molar-refractivity contribution in [1.82, 2.24) is 15.1 Å². The van der Waals surface area contributed by atoms with E-state index in [9.17, 15) is 4.79 Å². The molecule has 0 aromatic heterocycles. The van der Waals surface area contributed by atoms with Crippen LogP contribution >= 0.6 is 0 Å². The third-order valence-electron chi connectivity index (χ3n) is 2.30. The number of hydrogen-bond acceptors (Lipinski definition) is 3. The van der Waals surface area contributed by atoms with Gasteiger partial charge in [-0.2, -0.15) is 0 Å². The van der Waals surface area contributed by atoms with Crippen molar-refractivity contribution >= 4 is 5.91 Å². The number of carbonyl (C=O) groups is 1. The quantitative estimate of drug-likeness (QED) is 0.654. The zero-order chi connectivity index (χ0) is 9.84. The SMILES string of the molecule is CC1NCN(CCCN(C)C)C1=O. The second-order valence-electron chi connectivity index (χ2n) is 3.84. The van der Waals surface area contributed by atoms with E-state index in [0.29, 0.717) is 6.67 Å². The summed E-state index contributed by atoms with van der Waals surface area (Å²) in [4.78, 5) is 15.5. The van der Waals surface area contributed by atoms with E-state index in [1.165, 1.54) is 0 Å². The van der Waals surface area contributed by atoms with Crippen molar-refractivity contribution in [1.29, 1.82) is 0 Å². The summed E-state index contributed by atoms with van der Waals surface area (Å²) in [5.41, 5.74) is 0. The molecule has 1 heterocycles. The molecule has 1 unspecified atom stereocenters. The van der Waals surface area contributed by atoms with Gasteiger partial charge in [0.15, 0.2) is 0 Å². The molecule has 1 amide bonds. The van der Waals surface area contributed by atoms with Gasteiger partial charge >= 0.3 is 0 Å². The van der Waals surface area contributed by atoms with Crippen molar-refractivity contribution in [3.05, 3.63) is 0 Å². The lowest BCUT2D eigenvalue weighted by Crippen LogP contribution is -2.31. The van der Waals surface area contributed by atoms with Crippen LogP contribution in [0.3, 0.4) is 0 Å². The molecule has 0 radical (unpaired) electrons. The van der Waals surface area contributed by atoms with Gasteiger partial charge in [0.1, 0.15) is 0 Å². The summed E-state index contributed by atoms with van der Waals surface area (Å²) < 4.78 is 0. The zero-order valence-corrected chi connectivity index (χ0v) is 8.71. The van der Waals surface area contributed by atoms with E-state index in [-0.39, 0.29) is 11.9 Å². The second-order valence-corrected chi connectivity index (χ2v) is 3.84. The van der Waals surface area contributed by atoms with Crippen LogP contribution in [0.25, 0.3) is 0 Å². The Balaban J connectivity index is 2.19. The first kappa shape index (κ1) is 10.5. The van der Waals surface area contributed by atoms with Gasteiger partial charge < -0.3 is 9.80 Å². The number of nitrogens with zero attached hydrogens (tertiary/aromatic N) is 2. The van der Waals surface area contributed by atoms with Crippen LogP contribution in [0.15, 0.2) is 0 Å². The van der Waals surface area contributed by atoms with Crippen molar-refractivity contribution < 1.29 is 4.79 Å². The molecule has 0 aliphatic carbocycles. The van der Waals surface area contributed by atoms with Crippen LogP contribution in [-0.4, -0.2) is 55.6 Å². The predicted molar refractivity (Wildman–Crippen MR) is 52.3 cm³/mol. The molecule has 0 bridgehead atoms. The largest absolute Gasteiger partial charge is 0.329 e.